The molecule has 0 fully saturated rings. The Hall–Kier alpha value is -3.13. The van der Waals surface area contributed by atoms with Crippen LogP contribution in [0.3, 0.4) is 0 Å². The van der Waals surface area contributed by atoms with Gasteiger partial charge < -0.3 is 5.32 Å². The molecule has 0 bridgehead atoms. The second-order valence-electron chi connectivity index (χ2n) is 7.46. The van der Waals surface area contributed by atoms with Crippen molar-refractivity contribution in [3.8, 4) is 0 Å². The standard InChI is InChI=1S/C22H26N4O3S/c1-14-6-10-20(11-7-14)26(30(28,29)22-17(4)24-25-18(22)5)13-21(27)23-19-9-8-15(2)16(3)12-19/h6-12H,13H2,1-5H3,(H,23,27)(H,24,25). The molecule has 0 saturated carbocycles. The number of carbonyl (C=O) groups is 1. The van der Waals surface area contributed by atoms with Gasteiger partial charge in [0, 0.05) is 5.69 Å². The monoisotopic (exact) mass is 426 g/mol. The Kier molecular flexibility index (Phi) is 5.98. The topological polar surface area (TPSA) is 95.2 Å². The first-order chi connectivity index (χ1) is 14.1. The number of amides is 1. The van der Waals surface area contributed by atoms with Crippen LogP contribution in [-0.2, 0) is 14.8 Å². The molecule has 30 heavy (non-hydrogen) atoms. The van der Waals surface area contributed by atoms with Crippen LogP contribution in [0, 0.1) is 34.6 Å². The van der Waals surface area contributed by atoms with Crippen molar-refractivity contribution in [1.29, 1.82) is 0 Å². The molecule has 1 heterocycles. The number of H-pyrrole nitrogens is 1. The molecule has 0 unspecified atom stereocenters. The number of rotatable bonds is 6. The first-order valence-corrected chi connectivity index (χ1v) is 11.0. The Morgan fingerprint density at radius 3 is 2.23 bits per heavy atom. The van der Waals surface area contributed by atoms with E-state index in [9.17, 15) is 13.2 Å². The van der Waals surface area contributed by atoms with E-state index in [0.717, 1.165) is 21.0 Å². The summed E-state index contributed by atoms with van der Waals surface area (Å²) < 4.78 is 28.1. The van der Waals surface area contributed by atoms with Gasteiger partial charge in [-0.2, -0.15) is 5.10 Å². The van der Waals surface area contributed by atoms with E-state index >= 15 is 0 Å². The molecule has 0 atom stereocenters. The summed E-state index contributed by atoms with van der Waals surface area (Å²) in [4.78, 5) is 12.9. The quantitative estimate of drug-likeness (QED) is 0.627. The minimum absolute atomic E-state index is 0.0852. The lowest BCUT2D eigenvalue weighted by Gasteiger charge is -2.24. The molecular weight excluding hydrogens is 400 g/mol. The molecule has 1 aromatic heterocycles. The van der Waals surface area contributed by atoms with Crippen molar-refractivity contribution in [3.63, 3.8) is 0 Å². The van der Waals surface area contributed by atoms with Crippen molar-refractivity contribution in [2.45, 2.75) is 39.5 Å². The van der Waals surface area contributed by atoms with Crippen LogP contribution in [0.15, 0.2) is 47.4 Å². The third-order valence-corrected chi connectivity index (χ3v) is 7.05. The fraction of sp³-hybridized carbons (Fsp3) is 0.273. The van der Waals surface area contributed by atoms with Gasteiger partial charge in [-0.1, -0.05) is 23.8 Å². The molecule has 0 aliphatic carbocycles. The van der Waals surface area contributed by atoms with Gasteiger partial charge in [-0.05, 0) is 70.0 Å². The summed E-state index contributed by atoms with van der Waals surface area (Å²) in [6.07, 6.45) is 0. The van der Waals surface area contributed by atoms with Gasteiger partial charge in [0.25, 0.3) is 10.0 Å². The molecule has 158 valence electrons. The van der Waals surface area contributed by atoms with Gasteiger partial charge >= 0.3 is 0 Å². The van der Waals surface area contributed by atoms with Crippen molar-refractivity contribution in [3.05, 3.63) is 70.5 Å². The van der Waals surface area contributed by atoms with E-state index in [2.05, 4.69) is 15.5 Å². The number of benzene rings is 2. The highest BCUT2D eigenvalue weighted by Gasteiger charge is 2.31. The zero-order valence-electron chi connectivity index (χ0n) is 17.8. The molecule has 7 nitrogen and oxygen atoms in total. The van der Waals surface area contributed by atoms with Crippen molar-refractivity contribution in [2.75, 3.05) is 16.2 Å². The Morgan fingerprint density at radius 2 is 1.67 bits per heavy atom. The molecule has 0 spiro atoms. The van der Waals surface area contributed by atoms with Crippen LogP contribution in [0.1, 0.15) is 28.1 Å². The number of aromatic nitrogens is 2. The van der Waals surface area contributed by atoms with Gasteiger partial charge in [0.1, 0.15) is 11.4 Å². The number of anilines is 2. The number of sulfonamides is 1. The van der Waals surface area contributed by atoms with Crippen LogP contribution in [0.25, 0.3) is 0 Å². The summed E-state index contributed by atoms with van der Waals surface area (Å²) >= 11 is 0. The van der Waals surface area contributed by atoms with Crippen molar-refractivity contribution < 1.29 is 13.2 Å². The minimum Gasteiger partial charge on any atom is -0.325 e. The third-order valence-electron chi connectivity index (χ3n) is 5.01. The van der Waals surface area contributed by atoms with Crippen LogP contribution in [0.2, 0.25) is 0 Å². The van der Waals surface area contributed by atoms with Crippen molar-refractivity contribution in [2.24, 2.45) is 0 Å². The maximum absolute atomic E-state index is 13.5. The zero-order chi connectivity index (χ0) is 22.1. The Morgan fingerprint density at radius 1 is 1.00 bits per heavy atom. The van der Waals surface area contributed by atoms with E-state index in [1.807, 2.05) is 45.0 Å². The first-order valence-electron chi connectivity index (χ1n) is 9.57. The van der Waals surface area contributed by atoms with Gasteiger partial charge in [-0.15, -0.1) is 0 Å². The minimum atomic E-state index is -4.01. The zero-order valence-corrected chi connectivity index (χ0v) is 18.6. The lowest BCUT2D eigenvalue weighted by atomic mass is 10.1. The number of nitrogens with one attached hydrogen (secondary N) is 2. The number of hydrogen-bond donors (Lipinski definition) is 2. The smallest absolute Gasteiger partial charge is 0.268 e. The third kappa shape index (κ3) is 4.38. The van der Waals surface area contributed by atoms with E-state index in [-0.39, 0.29) is 11.4 Å². The summed E-state index contributed by atoms with van der Waals surface area (Å²) in [6.45, 7) is 8.77. The van der Waals surface area contributed by atoms with Crippen LogP contribution >= 0.6 is 0 Å². The number of aromatic amines is 1. The molecule has 8 heteroatoms. The fourth-order valence-corrected chi connectivity index (χ4v) is 4.97. The lowest BCUT2D eigenvalue weighted by molar-refractivity contribution is -0.114. The summed E-state index contributed by atoms with van der Waals surface area (Å²) in [5, 5.41) is 9.51. The van der Waals surface area contributed by atoms with E-state index in [0.29, 0.717) is 22.8 Å². The molecule has 0 saturated heterocycles. The number of nitrogens with zero attached hydrogens (tertiary/aromatic N) is 2. The fourth-order valence-electron chi connectivity index (χ4n) is 3.21. The maximum Gasteiger partial charge on any atom is 0.268 e. The van der Waals surface area contributed by atoms with E-state index in [1.165, 1.54) is 0 Å². The van der Waals surface area contributed by atoms with Gasteiger partial charge in [0.15, 0.2) is 0 Å². The predicted octanol–water partition coefficient (Wildman–Crippen LogP) is 3.79. The summed E-state index contributed by atoms with van der Waals surface area (Å²) in [5.41, 5.74) is 4.98. The maximum atomic E-state index is 13.5. The van der Waals surface area contributed by atoms with Crippen LogP contribution in [-0.4, -0.2) is 31.1 Å². The first kappa shape index (κ1) is 21.6. The van der Waals surface area contributed by atoms with Gasteiger partial charge in [-0.25, -0.2) is 8.42 Å². The SMILES string of the molecule is Cc1ccc(N(CC(=O)Nc2ccc(C)c(C)c2)S(=O)(=O)c2c(C)n[nH]c2C)cc1. The molecule has 3 rings (SSSR count). The van der Waals surface area contributed by atoms with Gasteiger partial charge in [0.05, 0.1) is 17.1 Å². The van der Waals surface area contributed by atoms with Crippen molar-refractivity contribution >= 4 is 27.3 Å². The average molecular weight is 427 g/mol. The van der Waals surface area contributed by atoms with Gasteiger partial charge in [-0.3, -0.25) is 14.2 Å². The summed E-state index contributed by atoms with van der Waals surface area (Å²) in [7, 11) is -4.01. The van der Waals surface area contributed by atoms with Crippen molar-refractivity contribution in [1.82, 2.24) is 10.2 Å². The highest BCUT2D eigenvalue weighted by Crippen LogP contribution is 2.27. The molecule has 0 aliphatic rings. The summed E-state index contributed by atoms with van der Waals surface area (Å²) in [5.74, 6) is -0.429. The molecule has 0 aliphatic heterocycles. The second kappa shape index (κ2) is 8.31. The molecule has 3 aromatic rings. The van der Waals surface area contributed by atoms with E-state index < -0.39 is 15.9 Å². The molecule has 2 aromatic carbocycles. The van der Waals surface area contributed by atoms with E-state index in [1.54, 1.807) is 32.0 Å². The van der Waals surface area contributed by atoms with Gasteiger partial charge in [0.2, 0.25) is 5.91 Å². The normalized spacial score (nSPS) is 11.4. The molecular formula is C22H26N4O3S. The Bertz CT molecular complexity index is 1160. The molecule has 2 N–H and O–H groups in total. The largest absolute Gasteiger partial charge is 0.325 e. The highest BCUT2D eigenvalue weighted by atomic mass is 32.2. The lowest BCUT2D eigenvalue weighted by Crippen LogP contribution is -2.38. The van der Waals surface area contributed by atoms with E-state index in [4.69, 9.17) is 0 Å². The van der Waals surface area contributed by atoms with Crippen LogP contribution in [0.5, 0.6) is 0 Å². The molecule has 0 radical (unpaired) electrons. The Balaban J connectivity index is 1.96. The molecule has 1 amide bonds. The van der Waals surface area contributed by atoms with Crippen LogP contribution in [0.4, 0.5) is 11.4 Å². The average Bonchev–Trinajstić information content (AvgIpc) is 3.02. The number of aryl methyl sites for hydroxylation is 5. The number of hydrogen-bond acceptors (Lipinski definition) is 4. The summed E-state index contributed by atoms with van der Waals surface area (Å²) in [6, 6.07) is 12.6. The number of carbonyl (C=O) groups excluding carboxylic acids is 1. The predicted molar refractivity (Wildman–Crippen MR) is 118 cm³/mol. The Labute approximate surface area is 177 Å². The highest BCUT2D eigenvalue weighted by molar-refractivity contribution is 7.93. The van der Waals surface area contributed by atoms with Crippen LogP contribution < -0.4 is 9.62 Å². The second-order valence-corrected chi connectivity index (χ2v) is 9.26.